The van der Waals surface area contributed by atoms with Crippen LogP contribution in [0.5, 0.6) is 5.75 Å². The second kappa shape index (κ2) is 19.5. The van der Waals surface area contributed by atoms with Gasteiger partial charge in [0.05, 0.1) is 22.3 Å². The van der Waals surface area contributed by atoms with Crippen LogP contribution in [0, 0.1) is 19.8 Å². The van der Waals surface area contributed by atoms with Gasteiger partial charge in [0.1, 0.15) is 11.6 Å². The number of pyridine rings is 1. The van der Waals surface area contributed by atoms with Crippen LogP contribution in [0.2, 0.25) is 0 Å². The number of phenols is 1. The molecule has 2 aromatic heterocycles. The normalized spacial score (nSPS) is 13.7. The van der Waals surface area contributed by atoms with Crippen molar-refractivity contribution in [2.45, 2.75) is 92.7 Å². The van der Waals surface area contributed by atoms with E-state index < -0.39 is 19.6 Å². The summed E-state index contributed by atoms with van der Waals surface area (Å²) in [5.41, 5.74) is 14.1. The monoisotopic (exact) mass is 1060 g/mol. The molecule has 0 radical (unpaired) electrons. The van der Waals surface area contributed by atoms with Crippen molar-refractivity contribution >= 4 is 11.0 Å². The van der Waals surface area contributed by atoms with Crippen LogP contribution in [-0.4, -0.2) is 19.6 Å². The Morgan fingerprint density at radius 2 is 1.24 bits per heavy atom. The van der Waals surface area contributed by atoms with E-state index in [2.05, 4.69) is 70.2 Å². The van der Waals surface area contributed by atoms with Crippen molar-refractivity contribution in [3.63, 3.8) is 0 Å². The maximum atomic E-state index is 12.3. The van der Waals surface area contributed by atoms with Crippen LogP contribution in [0.4, 0.5) is 0 Å². The maximum absolute atomic E-state index is 12.3. The Labute approximate surface area is 421 Å². The van der Waals surface area contributed by atoms with Gasteiger partial charge < -0.3 is 5.11 Å². The van der Waals surface area contributed by atoms with E-state index >= 15 is 0 Å². The average Bonchev–Trinajstić information content (AvgIpc) is 3.75. The minimum Gasteiger partial charge on any atom is -0.507 e. The molecular formula is C62H60N3OPt-. The van der Waals surface area contributed by atoms with Gasteiger partial charge in [0, 0.05) is 42.6 Å². The Kier molecular flexibility index (Phi) is 11.3. The topological polar surface area (TPSA) is 50.9 Å². The van der Waals surface area contributed by atoms with Gasteiger partial charge in [0.25, 0.3) is 0 Å². The minimum atomic E-state index is -2.58. The van der Waals surface area contributed by atoms with Crippen molar-refractivity contribution in [1.82, 2.24) is 14.5 Å². The van der Waals surface area contributed by atoms with Gasteiger partial charge in [-0.05, 0) is 123 Å². The molecule has 7 aromatic carbocycles. The molecule has 9 aromatic rings. The molecule has 0 atom stereocenters. The van der Waals surface area contributed by atoms with Crippen molar-refractivity contribution < 1.29 is 35.8 Å². The Hall–Kier alpha value is -6.35. The van der Waals surface area contributed by atoms with Crippen molar-refractivity contribution in [3.8, 4) is 78.6 Å². The van der Waals surface area contributed by atoms with Gasteiger partial charge in [-0.3, -0.25) is 9.55 Å². The zero-order chi connectivity index (χ0) is 52.3. The number of aromatic nitrogens is 3. The molecule has 4 nitrogen and oxygen atoms in total. The smallest absolute Gasteiger partial charge is 0.148 e. The number of rotatable bonds is 11. The third kappa shape index (κ3) is 9.47. The number of hydrogen-bond acceptors (Lipinski definition) is 3. The third-order valence-electron chi connectivity index (χ3n) is 12.7. The summed E-state index contributed by atoms with van der Waals surface area (Å²) in [4.78, 5) is 10.3. The molecular weight excluding hydrogens is 998 g/mol. The Balaban J connectivity index is 0.00000729. The summed E-state index contributed by atoms with van der Waals surface area (Å²) in [5.74, 6) is -0.151. The molecule has 0 saturated carbocycles. The summed E-state index contributed by atoms with van der Waals surface area (Å²) in [5, 5.41) is 12.3. The third-order valence-corrected chi connectivity index (χ3v) is 12.7. The summed E-state index contributed by atoms with van der Waals surface area (Å²) in [6.45, 7) is 11.5. The van der Waals surface area contributed by atoms with Crippen LogP contribution in [0.15, 0.2) is 152 Å². The number of nitrogens with zero attached hydrogens (tertiary/aromatic N) is 3. The van der Waals surface area contributed by atoms with E-state index in [1.54, 1.807) is 24.4 Å². The van der Waals surface area contributed by atoms with Crippen molar-refractivity contribution in [1.29, 1.82) is 0 Å². The van der Waals surface area contributed by atoms with Gasteiger partial charge in [-0.15, -0.1) is 23.8 Å². The molecule has 9 rings (SSSR count). The van der Waals surface area contributed by atoms with E-state index in [-0.39, 0.29) is 55.7 Å². The molecule has 2 heterocycles. The molecule has 0 aliphatic heterocycles. The summed E-state index contributed by atoms with van der Waals surface area (Å²) < 4.78 is 61.8. The predicted octanol–water partition coefficient (Wildman–Crippen LogP) is 17.0. The van der Waals surface area contributed by atoms with Gasteiger partial charge in [0.2, 0.25) is 0 Å². The molecule has 67 heavy (non-hydrogen) atoms. The first-order chi connectivity index (χ1) is 34.5. The quantitative estimate of drug-likeness (QED) is 0.131. The predicted molar refractivity (Wildman–Crippen MR) is 278 cm³/mol. The number of hydrogen-bond donors (Lipinski definition) is 1. The first-order valence-corrected chi connectivity index (χ1v) is 22.9. The van der Waals surface area contributed by atoms with Gasteiger partial charge in [0.15, 0.2) is 0 Å². The second-order valence-corrected chi connectivity index (χ2v) is 18.6. The Bertz CT molecular complexity index is 3520. The van der Waals surface area contributed by atoms with E-state index in [0.717, 1.165) is 66.8 Å². The van der Waals surface area contributed by atoms with Crippen LogP contribution in [0.25, 0.3) is 83.9 Å². The molecule has 0 bridgehead atoms. The molecule has 0 saturated heterocycles. The zero-order valence-electron chi connectivity index (χ0n) is 46.3. The minimum absolute atomic E-state index is 0. The Morgan fingerprint density at radius 3 is 1.94 bits per heavy atom. The molecule has 0 spiro atoms. The molecule has 0 fully saturated rings. The summed E-state index contributed by atoms with van der Waals surface area (Å²) >= 11 is 0. The molecule has 0 aliphatic carbocycles. The molecule has 1 N–H and O–H groups in total. The number of benzene rings is 7. The molecule has 0 aliphatic rings. The van der Waals surface area contributed by atoms with Crippen LogP contribution >= 0.6 is 0 Å². The SMILES string of the molecule is [2H]C([2H])([2H])c1ccc(-c2ccnc(-c3[c-]c(-c4cccc5c4nc(-c4cc(C(C)C)cc(C(C)C)c4O)n5-c4ccc(-c5cc(C(C)C)cc(C([2H])(C)C)c5)cc4C([2H])([2H])[2H])cc(-c4ccccc4)c3)c2)cc1.[Pt]. The Morgan fingerprint density at radius 1 is 0.567 bits per heavy atom. The molecule has 0 amide bonds. The zero-order valence-corrected chi connectivity index (χ0v) is 41.5. The van der Waals surface area contributed by atoms with Crippen LogP contribution in [0.3, 0.4) is 0 Å². The van der Waals surface area contributed by atoms with Gasteiger partial charge in [-0.2, -0.15) is 0 Å². The van der Waals surface area contributed by atoms with E-state index in [0.29, 0.717) is 39.4 Å². The summed E-state index contributed by atoms with van der Waals surface area (Å²) in [7, 11) is 0. The first kappa shape index (κ1) is 38.7. The average molecular weight is 1070 g/mol. The number of phenolic OH excluding ortho intramolecular Hbond substituents is 1. The second-order valence-electron chi connectivity index (χ2n) is 18.6. The first-order valence-electron chi connectivity index (χ1n) is 26.4. The van der Waals surface area contributed by atoms with Crippen molar-refractivity contribution in [3.05, 3.63) is 191 Å². The van der Waals surface area contributed by atoms with Crippen LogP contribution in [0.1, 0.15) is 122 Å². The van der Waals surface area contributed by atoms with E-state index in [1.165, 1.54) is 0 Å². The summed E-state index contributed by atoms with van der Waals surface area (Å²) in [6.07, 6.45) is 1.74. The van der Waals surface area contributed by atoms with Gasteiger partial charge in [-0.25, -0.2) is 4.98 Å². The van der Waals surface area contributed by atoms with Crippen LogP contribution < -0.4 is 0 Å². The van der Waals surface area contributed by atoms with Crippen molar-refractivity contribution in [2.75, 3.05) is 0 Å². The maximum Gasteiger partial charge on any atom is 0.148 e. The largest absolute Gasteiger partial charge is 0.507 e. The molecule has 340 valence electrons. The fourth-order valence-electron chi connectivity index (χ4n) is 8.79. The molecule has 5 heteroatoms. The van der Waals surface area contributed by atoms with Gasteiger partial charge >= 0.3 is 0 Å². The molecule has 0 unspecified atom stereocenters. The number of para-hydroxylation sites is 1. The fraction of sp³-hybridized carbons (Fsp3) is 0.226. The van der Waals surface area contributed by atoms with Crippen LogP contribution in [-0.2, 0) is 21.1 Å². The van der Waals surface area contributed by atoms with E-state index in [9.17, 15) is 5.11 Å². The standard InChI is InChI=1S/C62H60N3O.Pt/c1-37(2)47-28-48(38(3)4)30-51(29-47)45-23-24-58(42(10)27-45)65-59-18-14-17-54(60(59)64-62(65)56-35-49(39(5)6)34-55(40(7)8)61(56)66)52-31-50(43-15-12-11-13-16-43)32-53(33-52)57-36-46(25-26-63-57)44-21-19-41(9)20-22-44;/h11-32,34-40,66H,1-10H3;/q-1;/i9D3,10D3,37D;. The number of imidazole rings is 1. The van der Waals surface area contributed by atoms with E-state index in [1.807, 2.05) is 123 Å². The number of aryl methyl sites for hydroxylation is 2. The van der Waals surface area contributed by atoms with Gasteiger partial charge in [-0.1, -0.05) is 181 Å². The van der Waals surface area contributed by atoms with Crippen molar-refractivity contribution in [2.24, 2.45) is 0 Å². The number of aromatic hydroxyl groups is 1. The van der Waals surface area contributed by atoms with E-state index in [4.69, 9.17) is 19.6 Å². The fourth-order valence-corrected chi connectivity index (χ4v) is 8.79. The summed E-state index contributed by atoms with van der Waals surface area (Å²) in [6, 6.07) is 50.3. The number of fused-ring (bicyclic) bond motifs is 1.